The summed E-state index contributed by atoms with van der Waals surface area (Å²) in [5.41, 5.74) is -1.97. The Bertz CT molecular complexity index is 1080. The van der Waals surface area contributed by atoms with Gasteiger partial charge in [0.05, 0.1) is 18.6 Å². The van der Waals surface area contributed by atoms with Crippen LogP contribution in [0.3, 0.4) is 0 Å². The molecular formula is C34H59F3O6Si2. The molecule has 45 heavy (non-hydrogen) atoms. The molecule has 0 radical (unpaired) electrons. The second-order valence-electron chi connectivity index (χ2n) is 14.8. The highest BCUT2D eigenvalue weighted by molar-refractivity contribution is 6.74. The summed E-state index contributed by atoms with van der Waals surface area (Å²) in [5, 5.41) is -0.173. The third kappa shape index (κ3) is 11.0. The van der Waals surface area contributed by atoms with E-state index in [9.17, 15) is 27.6 Å². The van der Waals surface area contributed by atoms with Crippen LogP contribution in [-0.2, 0) is 28.0 Å². The van der Waals surface area contributed by atoms with Gasteiger partial charge in [0.2, 0.25) is 0 Å². The van der Waals surface area contributed by atoms with Gasteiger partial charge in [-0.05, 0) is 55.5 Å². The minimum atomic E-state index is -4.64. The zero-order chi connectivity index (χ0) is 35.2. The third-order valence-electron chi connectivity index (χ3n) is 10.2. The molecule has 11 heteroatoms. The van der Waals surface area contributed by atoms with Gasteiger partial charge < -0.3 is 13.6 Å². The summed E-state index contributed by atoms with van der Waals surface area (Å²) in [6, 6.07) is 2.35. The number of carbonyl (C=O) groups is 3. The van der Waals surface area contributed by atoms with Crippen LogP contribution >= 0.6 is 0 Å². The van der Waals surface area contributed by atoms with Crippen LogP contribution in [0.4, 0.5) is 13.2 Å². The number of hydrogen-bond acceptors (Lipinski definition) is 6. The number of ketones is 2. The Hall–Kier alpha value is -1.57. The third-order valence-corrected chi connectivity index (χ3v) is 19.4. The van der Waals surface area contributed by atoms with Crippen LogP contribution in [0.1, 0.15) is 95.4 Å². The van der Waals surface area contributed by atoms with Crippen molar-refractivity contribution in [2.45, 2.75) is 156 Å². The van der Waals surface area contributed by atoms with Gasteiger partial charge in [0.15, 0.2) is 28.5 Å². The fourth-order valence-corrected chi connectivity index (χ4v) is 10.00. The van der Waals surface area contributed by atoms with Gasteiger partial charge in [-0.15, -0.1) is 0 Å². The standard InChI is InChI=1S/C34H59F3O6Si2/c1-14-45(15-2,16-3)42-28-22-29(39)41-27(25(6)38)21-20-26(34(35,36)37)19-17-18-23(4)30(24(5)31(40)33(28,10)11)43-44(12,13)32(7,8)9/h17-18,20,23-24,27-28,30H,14-16,19,21-22H2,1-13H3/b18-17+,26-20-/t23-,24+,27?,28?,30-/m0/s1. The molecule has 0 amide bonds. The molecule has 0 aromatic heterocycles. The topological polar surface area (TPSA) is 78.9 Å². The number of Topliss-reactive ketones (excluding diaryl/α,β-unsaturated/α-hetero) is 2. The lowest BCUT2D eigenvalue weighted by Gasteiger charge is -2.45. The molecule has 0 saturated carbocycles. The van der Waals surface area contributed by atoms with Crippen molar-refractivity contribution >= 4 is 34.2 Å². The van der Waals surface area contributed by atoms with Crippen molar-refractivity contribution < 1.29 is 41.1 Å². The van der Waals surface area contributed by atoms with Crippen LogP contribution in [0.5, 0.6) is 0 Å². The molecule has 1 aliphatic heterocycles. The van der Waals surface area contributed by atoms with Gasteiger partial charge in [-0.2, -0.15) is 13.2 Å². The summed E-state index contributed by atoms with van der Waals surface area (Å²) in [6.07, 6.45) is -4.53. The first-order valence-corrected chi connectivity index (χ1v) is 21.9. The molecule has 1 heterocycles. The van der Waals surface area contributed by atoms with Crippen LogP contribution < -0.4 is 0 Å². The van der Waals surface area contributed by atoms with Crippen molar-refractivity contribution in [2.75, 3.05) is 0 Å². The SMILES string of the molecule is CC[Si](CC)(CC)OC1CC(=O)OC(C(C)=O)C/C=C(\C(F)(F)F)C/C=C/[C@H](C)[C@H](O[Si](C)(C)C(C)(C)C)[C@@H](C)C(=O)C1(C)C. The number of halogens is 3. The summed E-state index contributed by atoms with van der Waals surface area (Å²) >= 11 is 0. The maximum atomic E-state index is 14.6. The largest absolute Gasteiger partial charge is 0.454 e. The van der Waals surface area contributed by atoms with E-state index < -0.39 is 82.6 Å². The highest BCUT2D eigenvalue weighted by Crippen LogP contribution is 2.42. The first-order valence-electron chi connectivity index (χ1n) is 16.4. The Kier molecular flexibility index (Phi) is 14.8. The van der Waals surface area contributed by atoms with Crippen molar-refractivity contribution in [3.63, 3.8) is 0 Å². The monoisotopic (exact) mass is 676 g/mol. The van der Waals surface area contributed by atoms with E-state index >= 15 is 0 Å². The first kappa shape index (κ1) is 41.5. The molecule has 5 atom stereocenters. The summed E-state index contributed by atoms with van der Waals surface area (Å²) < 4.78 is 61.2. The molecule has 0 aromatic rings. The Labute approximate surface area is 272 Å². The molecule has 0 spiro atoms. The predicted molar refractivity (Wildman–Crippen MR) is 179 cm³/mol. The number of hydrogen-bond donors (Lipinski definition) is 0. The zero-order valence-electron chi connectivity index (χ0n) is 29.9. The van der Waals surface area contributed by atoms with Gasteiger partial charge in [0.1, 0.15) is 5.78 Å². The fraction of sp³-hybridized carbons (Fsp3) is 0.794. The lowest BCUT2D eigenvalue weighted by molar-refractivity contribution is -0.158. The molecule has 1 aliphatic rings. The van der Waals surface area contributed by atoms with Crippen molar-refractivity contribution in [3.8, 4) is 0 Å². The molecule has 0 N–H and O–H groups in total. The number of carbonyl (C=O) groups excluding carboxylic acids is 3. The molecular weight excluding hydrogens is 618 g/mol. The van der Waals surface area contributed by atoms with E-state index in [0.717, 1.165) is 24.2 Å². The van der Waals surface area contributed by atoms with E-state index in [-0.39, 0.29) is 23.2 Å². The second-order valence-corrected chi connectivity index (χ2v) is 24.3. The smallest absolute Gasteiger partial charge is 0.412 e. The molecule has 0 fully saturated rings. The Morgan fingerprint density at radius 2 is 1.56 bits per heavy atom. The molecule has 0 bridgehead atoms. The highest BCUT2D eigenvalue weighted by Gasteiger charge is 2.49. The molecule has 260 valence electrons. The zero-order valence-corrected chi connectivity index (χ0v) is 31.9. The van der Waals surface area contributed by atoms with Crippen molar-refractivity contribution in [1.82, 2.24) is 0 Å². The Balaban J connectivity index is 3.90. The first-order chi connectivity index (χ1) is 20.4. The summed E-state index contributed by atoms with van der Waals surface area (Å²) in [6.45, 7) is 25.1. The maximum Gasteiger partial charge on any atom is 0.412 e. The molecule has 1 rings (SSSR count). The van der Waals surface area contributed by atoms with E-state index in [2.05, 4.69) is 54.6 Å². The minimum absolute atomic E-state index is 0.151. The van der Waals surface area contributed by atoms with E-state index in [1.54, 1.807) is 19.9 Å². The van der Waals surface area contributed by atoms with Crippen LogP contribution in [-0.4, -0.2) is 58.7 Å². The maximum absolute atomic E-state index is 14.6. The van der Waals surface area contributed by atoms with E-state index in [1.807, 2.05) is 13.8 Å². The van der Waals surface area contributed by atoms with Gasteiger partial charge in [0.25, 0.3) is 0 Å². The van der Waals surface area contributed by atoms with Crippen LogP contribution in [0, 0.1) is 17.3 Å². The van der Waals surface area contributed by atoms with E-state index in [0.29, 0.717) is 0 Å². The normalized spacial score (nSPS) is 28.6. The van der Waals surface area contributed by atoms with Crippen LogP contribution in [0.25, 0.3) is 0 Å². The lowest BCUT2D eigenvalue weighted by Crippen LogP contribution is -2.53. The average Bonchev–Trinajstić information content (AvgIpc) is 2.92. The van der Waals surface area contributed by atoms with Crippen LogP contribution in [0.15, 0.2) is 23.8 Å². The predicted octanol–water partition coefficient (Wildman–Crippen LogP) is 9.36. The fourth-order valence-electron chi connectivity index (χ4n) is 5.56. The van der Waals surface area contributed by atoms with Gasteiger partial charge >= 0.3 is 12.1 Å². The van der Waals surface area contributed by atoms with Crippen molar-refractivity contribution in [1.29, 1.82) is 0 Å². The van der Waals surface area contributed by atoms with Gasteiger partial charge in [-0.3, -0.25) is 14.4 Å². The quantitative estimate of drug-likeness (QED) is 0.145. The lowest BCUT2D eigenvalue weighted by atomic mass is 9.73. The molecule has 2 unspecified atom stereocenters. The number of alkyl halides is 3. The average molecular weight is 677 g/mol. The van der Waals surface area contributed by atoms with Crippen molar-refractivity contribution in [3.05, 3.63) is 23.8 Å². The number of allylic oxidation sites excluding steroid dienone is 2. The number of cyclic esters (lactones) is 1. The number of ether oxygens (including phenoxy) is 1. The Morgan fingerprint density at radius 3 is 2.00 bits per heavy atom. The van der Waals surface area contributed by atoms with E-state index in [4.69, 9.17) is 13.6 Å². The summed E-state index contributed by atoms with van der Waals surface area (Å²) in [4.78, 5) is 40.3. The number of rotatable bonds is 8. The minimum Gasteiger partial charge on any atom is -0.454 e. The molecule has 0 aromatic carbocycles. The van der Waals surface area contributed by atoms with Gasteiger partial charge in [0, 0.05) is 23.3 Å². The van der Waals surface area contributed by atoms with Gasteiger partial charge in [-0.1, -0.05) is 87.5 Å². The van der Waals surface area contributed by atoms with E-state index in [1.165, 1.54) is 13.0 Å². The molecule has 0 aliphatic carbocycles. The number of esters is 1. The Morgan fingerprint density at radius 1 is 1.02 bits per heavy atom. The highest BCUT2D eigenvalue weighted by atomic mass is 28.4. The van der Waals surface area contributed by atoms with Gasteiger partial charge in [-0.25, -0.2) is 0 Å². The summed E-state index contributed by atoms with van der Waals surface area (Å²) in [5.74, 6) is -2.54. The van der Waals surface area contributed by atoms with Crippen LogP contribution in [0.2, 0.25) is 36.3 Å². The molecule has 6 nitrogen and oxygen atoms in total. The van der Waals surface area contributed by atoms with Crippen molar-refractivity contribution in [2.24, 2.45) is 17.3 Å². The molecule has 0 saturated heterocycles. The summed E-state index contributed by atoms with van der Waals surface area (Å²) in [7, 11) is -4.79. The second kappa shape index (κ2) is 16.0.